The van der Waals surface area contributed by atoms with Crippen molar-refractivity contribution in [1.82, 2.24) is 30.1 Å². The zero-order chi connectivity index (χ0) is 17.5. The van der Waals surface area contributed by atoms with E-state index in [1.54, 1.807) is 0 Å². The van der Waals surface area contributed by atoms with Crippen LogP contribution in [0.15, 0.2) is 40.9 Å². The molecule has 1 N–H and O–H groups in total. The molecule has 7 heteroatoms. The molecule has 0 bridgehead atoms. The lowest BCUT2D eigenvalue weighted by Crippen LogP contribution is -2.44. The second-order valence-electron chi connectivity index (χ2n) is 7.13. The molecule has 3 aromatic rings. The number of likely N-dealkylation sites (N-methyl/N-ethyl adjacent to an activating group) is 1. The summed E-state index contributed by atoms with van der Waals surface area (Å²) in [5, 5.41) is 12.5. The van der Waals surface area contributed by atoms with E-state index in [0.717, 1.165) is 42.5 Å². The lowest BCUT2D eigenvalue weighted by atomic mass is 10.2. The van der Waals surface area contributed by atoms with Crippen molar-refractivity contribution in [3.8, 4) is 17.3 Å². The Morgan fingerprint density at radius 2 is 2.04 bits per heavy atom. The van der Waals surface area contributed by atoms with E-state index < -0.39 is 0 Å². The van der Waals surface area contributed by atoms with Gasteiger partial charge in [-0.3, -0.25) is 4.90 Å². The molecule has 26 heavy (non-hydrogen) atoms. The number of para-hydroxylation sites is 1. The molecule has 7 nitrogen and oxygen atoms in total. The van der Waals surface area contributed by atoms with Gasteiger partial charge >= 0.3 is 0 Å². The van der Waals surface area contributed by atoms with Crippen LogP contribution in [0.5, 0.6) is 0 Å². The van der Waals surface area contributed by atoms with Crippen molar-refractivity contribution in [2.75, 3.05) is 26.7 Å². The van der Waals surface area contributed by atoms with Gasteiger partial charge in [-0.25, -0.2) is 4.68 Å². The van der Waals surface area contributed by atoms with Crippen molar-refractivity contribution >= 4 is 0 Å². The summed E-state index contributed by atoms with van der Waals surface area (Å²) in [7, 11) is 2.10. The summed E-state index contributed by atoms with van der Waals surface area (Å²) >= 11 is 0. The first-order valence-electron chi connectivity index (χ1n) is 9.20. The Morgan fingerprint density at radius 3 is 2.81 bits per heavy atom. The minimum absolute atomic E-state index is 0.136. The lowest BCUT2D eigenvalue weighted by Gasteiger charge is -2.30. The molecule has 2 aromatic heterocycles. The van der Waals surface area contributed by atoms with Gasteiger partial charge in [-0.1, -0.05) is 23.4 Å². The van der Waals surface area contributed by atoms with E-state index in [1.807, 2.05) is 35.0 Å². The number of rotatable bonds is 4. The highest BCUT2D eigenvalue weighted by molar-refractivity contribution is 5.54. The molecule has 1 aliphatic carbocycles. The Morgan fingerprint density at radius 1 is 1.19 bits per heavy atom. The monoisotopic (exact) mass is 350 g/mol. The van der Waals surface area contributed by atoms with E-state index in [4.69, 9.17) is 14.6 Å². The fourth-order valence-corrected chi connectivity index (χ4v) is 3.46. The molecular weight excluding hydrogens is 328 g/mol. The van der Waals surface area contributed by atoms with Crippen molar-refractivity contribution in [3.63, 3.8) is 0 Å². The van der Waals surface area contributed by atoms with E-state index in [1.165, 1.54) is 12.8 Å². The molecule has 0 radical (unpaired) electrons. The van der Waals surface area contributed by atoms with Crippen LogP contribution in [0.4, 0.5) is 0 Å². The van der Waals surface area contributed by atoms with Crippen molar-refractivity contribution in [3.05, 3.63) is 47.9 Å². The van der Waals surface area contributed by atoms with Crippen LogP contribution >= 0.6 is 0 Å². The SMILES string of the molecule is CN1CCNCC1c1noc(-c2cc(C3CC3)nn2-c2ccccc2)n1. The number of hydrogen-bond donors (Lipinski definition) is 1. The lowest BCUT2D eigenvalue weighted by molar-refractivity contribution is 0.190. The third-order valence-electron chi connectivity index (χ3n) is 5.19. The van der Waals surface area contributed by atoms with Gasteiger partial charge in [0, 0.05) is 25.6 Å². The van der Waals surface area contributed by atoms with Crippen molar-refractivity contribution in [2.24, 2.45) is 0 Å². The predicted molar refractivity (Wildman–Crippen MR) is 97.1 cm³/mol. The Labute approximate surface area is 152 Å². The van der Waals surface area contributed by atoms with E-state index in [0.29, 0.717) is 11.8 Å². The maximum Gasteiger partial charge on any atom is 0.276 e. The number of nitrogens with zero attached hydrogens (tertiary/aromatic N) is 5. The van der Waals surface area contributed by atoms with E-state index >= 15 is 0 Å². The smallest absolute Gasteiger partial charge is 0.276 e. The second-order valence-corrected chi connectivity index (χ2v) is 7.13. The largest absolute Gasteiger partial charge is 0.332 e. The van der Waals surface area contributed by atoms with Gasteiger partial charge < -0.3 is 9.84 Å². The second kappa shape index (κ2) is 6.34. The van der Waals surface area contributed by atoms with Crippen molar-refractivity contribution in [1.29, 1.82) is 0 Å². The van der Waals surface area contributed by atoms with Crippen LogP contribution in [0.3, 0.4) is 0 Å². The van der Waals surface area contributed by atoms with Gasteiger partial charge in [0.15, 0.2) is 5.82 Å². The first-order chi connectivity index (χ1) is 12.8. The van der Waals surface area contributed by atoms with Gasteiger partial charge in [-0.05, 0) is 38.1 Å². The molecule has 1 aliphatic heterocycles. The third kappa shape index (κ3) is 2.83. The standard InChI is InChI=1S/C19H22N6O/c1-24-10-9-20-12-17(24)18-21-19(26-23-18)16-11-15(13-7-8-13)22-25(16)14-5-3-2-4-6-14/h2-6,11,13,17,20H,7-10,12H2,1H3. The Hall–Kier alpha value is -2.51. The third-order valence-corrected chi connectivity index (χ3v) is 5.19. The highest BCUT2D eigenvalue weighted by Crippen LogP contribution is 2.41. The summed E-state index contributed by atoms with van der Waals surface area (Å²) in [6.07, 6.45) is 2.41. The zero-order valence-corrected chi connectivity index (χ0v) is 14.8. The maximum absolute atomic E-state index is 5.65. The van der Waals surface area contributed by atoms with Crippen LogP contribution in [-0.4, -0.2) is 51.5 Å². The molecule has 2 fully saturated rings. The molecule has 1 saturated carbocycles. The van der Waals surface area contributed by atoms with Crippen LogP contribution in [0.25, 0.3) is 17.3 Å². The number of aromatic nitrogens is 4. The maximum atomic E-state index is 5.65. The fourth-order valence-electron chi connectivity index (χ4n) is 3.46. The highest BCUT2D eigenvalue weighted by Gasteiger charge is 2.30. The number of benzene rings is 1. The zero-order valence-electron chi connectivity index (χ0n) is 14.8. The summed E-state index contributed by atoms with van der Waals surface area (Å²) in [4.78, 5) is 6.97. The van der Waals surface area contributed by atoms with Crippen LogP contribution in [0, 0.1) is 0 Å². The van der Waals surface area contributed by atoms with Gasteiger partial charge in [0.1, 0.15) is 5.69 Å². The van der Waals surface area contributed by atoms with Crippen molar-refractivity contribution in [2.45, 2.75) is 24.8 Å². The number of piperazine rings is 1. The molecule has 134 valence electrons. The van der Waals surface area contributed by atoms with Gasteiger partial charge in [0.25, 0.3) is 5.89 Å². The normalized spacial score (nSPS) is 21.2. The summed E-state index contributed by atoms with van der Waals surface area (Å²) in [6, 6.07) is 12.4. The molecule has 1 saturated heterocycles. The minimum Gasteiger partial charge on any atom is -0.332 e. The van der Waals surface area contributed by atoms with E-state index in [2.05, 4.69) is 28.5 Å². The van der Waals surface area contributed by atoms with E-state index in [9.17, 15) is 0 Å². The van der Waals surface area contributed by atoms with E-state index in [-0.39, 0.29) is 6.04 Å². The average Bonchev–Trinajstić information content (AvgIpc) is 3.25. The summed E-state index contributed by atoms with van der Waals surface area (Å²) in [6.45, 7) is 2.80. The molecule has 5 rings (SSSR count). The Bertz CT molecular complexity index is 898. The number of hydrogen-bond acceptors (Lipinski definition) is 6. The minimum atomic E-state index is 0.136. The highest BCUT2D eigenvalue weighted by atomic mass is 16.5. The number of nitrogens with one attached hydrogen (secondary N) is 1. The fraction of sp³-hybridized carbons (Fsp3) is 0.421. The summed E-state index contributed by atoms with van der Waals surface area (Å²) in [5.41, 5.74) is 2.98. The van der Waals surface area contributed by atoms with Crippen LogP contribution in [-0.2, 0) is 0 Å². The molecule has 2 aliphatic rings. The Kier molecular flexibility index (Phi) is 3.83. The molecular formula is C19H22N6O. The van der Waals surface area contributed by atoms with Gasteiger partial charge in [-0.2, -0.15) is 10.1 Å². The molecule has 1 unspecified atom stereocenters. The average molecular weight is 350 g/mol. The van der Waals surface area contributed by atoms with Crippen LogP contribution < -0.4 is 5.32 Å². The first kappa shape index (κ1) is 15.7. The van der Waals surface area contributed by atoms with Gasteiger partial charge in [0.2, 0.25) is 0 Å². The van der Waals surface area contributed by atoms with Crippen LogP contribution in [0.2, 0.25) is 0 Å². The summed E-state index contributed by atoms with van der Waals surface area (Å²) in [5.74, 6) is 1.82. The Balaban J connectivity index is 1.53. The van der Waals surface area contributed by atoms with Crippen LogP contribution in [0.1, 0.15) is 36.3 Å². The topological polar surface area (TPSA) is 72.0 Å². The molecule has 1 atom stereocenters. The molecule has 1 aromatic carbocycles. The predicted octanol–water partition coefficient (Wildman–Crippen LogP) is 2.38. The summed E-state index contributed by atoms with van der Waals surface area (Å²) < 4.78 is 7.58. The van der Waals surface area contributed by atoms with Gasteiger partial charge in [-0.15, -0.1) is 0 Å². The molecule has 0 spiro atoms. The molecule has 0 amide bonds. The van der Waals surface area contributed by atoms with Gasteiger partial charge in [0.05, 0.1) is 17.4 Å². The van der Waals surface area contributed by atoms with Crippen molar-refractivity contribution < 1.29 is 4.52 Å². The quantitative estimate of drug-likeness (QED) is 0.779. The first-order valence-corrected chi connectivity index (χ1v) is 9.20. The molecule has 3 heterocycles.